The number of thioether (sulfide) groups is 2. The Kier molecular flexibility index (Phi) is 5.70. The van der Waals surface area contributed by atoms with Gasteiger partial charge in [0.1, 0.15) is 5.75 Å². The number of nitrogens with two attached hydrogens (primary N) is 1. The van der Waals surface area contributed by atoms with Crippen molar-refractivity contribution >= 4 is 23.5 Å². The number of hydrogen-bond acceptors (Lipinski definition) is 4. The molecule has 1 aliphatic heterocycles. The van der Waals surface area contributed by atoms with Crippen molar-refractivity contribution in [3.8, 4) is 5.75 Å². The summed E-state index contributed by atoms with van der Waals surface area (Å²) >= 11 is 4.10. The number of methoxy groups -OCH3 is 1. The van der Waals surface area contributed by atoms with Crippen molar-refractivity contribution in [3.63, 3.8) is 0 Å². The molecule has 4 heteroatoms. The van der Waals surface area contributed by atoms with Crippen LogP contribution in [0.25, 0.3) is 0 Å². The van der Waals surface area contributed by atoms with Gasteiger partial charge in [-0.05, 0) is 31.4 Å². The van der Waals surface area contributed by atoms with Gasteiger partial charge >= 0.3 is 0 Å². The Bertz CT molecular complexity index is 464. The largest absolute Gasteiger partial charge is 0.496 e. The van der Waals surface area contributed by atoms with Crippen molar-refractivity contribution in [3.05, 3.63) is 28.8 Å². The first-order chi connectivity index (χ1) is 9.60. The first-order valence-corrected chi connectivity index (χ1v) is 9.32. The molecule has 1 fully saturated rings. The molecule has 0 aliphatic carbocycles. The summed E-state index contributed by atoms with van der Waals surface area (Å²) < 4.78 is 5.64. The van der Waals surface area contributed by atoms with E-state index in [1.54, 1.807) is 7.11 Å². The van der Waals surface area contributed by atoms with Gasteiger partial charge in [0.25, 0.3) is 0 Å². The zero-order valence-corrected chi connectivity index (χ0v) is 14.4. The Morgan fingerprint density at radius 1 is 1.30 bits per heavy atom. The van der Waals surface area contributed by atoms with Crippen LogP contribution in [0.15, 0.2) is 12.1 Å². The van der Waals surface area contributed by atoms with Crippen molar-refractivity contribution in [1.29, 1.82) is 0 Å². The molecule has 1 saturated heterocycles. The van der Waals surface area contributed by atoms with E-state index in [-0.39, 0.29) is 6.04 Å². The van der Waals surface area contributed by atoms with Crippen LogP contribution < -0.4 is 10.5 Å². The van der Waals surface area contributed by atoms with Crippen molar-refractivity contribution in [1.82, 2.24) is 0 Å². The summed E-state index contributed by atoms with van der Waals surface area (Å²) in [7, 11) is 1.75. The second-order valence-corrected chi connectivity index (χ2v) is 7.94. The molecule has 2 rings (SSSR count). The van der Waals surface area contributed by atoms with E-state index in [1.165, 1.54) is 29.1 Å². The highest BCUT2D eigenvalue weighted by Gasteiger charge is 2.32. The highest BCUT2D eigenvalue weighted by atomic mass is 32.2. The standard InChI is InChI=1S/C16H25NOS2/c1-5-13-16(20-9-8-19-13)14(17)12-7-6-10(2)11(3)15(12)18-4/h6-7,13-14,16H,5,8-9,17H2,1-4H3. The van der Waals surface area contributed by atoms with Gasteiger partial charge in [-0.2, -0.15) is 23.5 Å². The smallest absolute Gasteiger partial charge is 0.126 e. The van der Waals surface area contributed by atoms with E-state index in [0.717, 1.165) is 11.3 Å². The average molecular weight is 312 g/mol. The fourth-order valence-corrected chi connectivity index (χ4v) is 5.96. The number of benzene rings is 1. The fraction of sp³-hybridized carbons (Fsp3) is 0.625. The van der Waals surface area contributed by atoms with Gasteiger partial charge in [-0.15, -0.1) is 0 Å². The zero-order chi connectivity index (χ0) is 14.7. The third-order valence-corrected chi connectivity index (χ3v) is 7.49. The van der Waals surface area contributed by atoms with E-state index in [9.17, 15) is 0 Å². The first kappa shape index (κ1) is 16.1. The van der Waals surface area contributed by atoms with E-state index in [4.69, 9.17) is 10.5 Å². The van der Waals surface area contributed by atoms with Crippen LogP contribution in [-0.4, -0.2) is 29.1 Å². The Labute approximate surface area is 131 Å². The predicted molar refractivity (Wildman–Crippen MR) is 92.2 cm³/mol. The van der Waals surface area contributed by atoms with Gasteiger partial charge < -0.3 is 10.5 Å². The maximum atomic E-state index is 6.62. The molecular weight excluding hydrogens is 286 g/mol. The number of aryl methyl sites for hydroxylation is 1. The first-order valence-electron chi connectivity index (χ1n) is 7.23. The summed E-state index contributed by atoms with van der Waals surface area (Å²) in [6.45, 7) is 6.50. The molecule has 0 radical (unpaired) electrons. The molecule has 20 heavy (non-hydrogen) atoms. The molecule has 0 saturated carbocycles. The van der Waals surface area contributed by atoms with Crippen LogP contribution in [0.3, 0.4) is 0 Å². The monoisotopic (exact) mass is 311 g/mol. The van der Waals surface area contributed by atoms with E-state index in [0.29, 0.717) is 10.5 Å². The lowest BCUT2D eigenvalue weighted by molar-refractivity contribution is 0.401. The maximum absolute atomic E-state index is 6.62. The van der Waals surface area contributed by atoms with Gasteiger partial charge in [0.15, 0.2) is 0 Å². The summed E-state index contributed by atoms with van der Waals surface area (Å²) in [6, 6.07) is 4.36. The second-order valence-electron chi connectivity index (χ2n) is 5.31. The van der Waals surface area contributed by atoms with Crippen molar-refractivity contribution in [2.45, 2.75) is 43.7 Å². The molecule has 3 unspecified atom stereocenters. The molecule has 0 aromatic heterocycles. The van der Waals surface area contributed by atoms with E-state index in [1.807, 2.05) is 11.8 Å². The molecule has 1 aliphatic rings. The lowest BCUT2D eigenvalue weighted by atomic mass is 9.96. The molecule has 3 atom stereocenters. The van der Waals surface area contributed by atoms with Crippen molar-refractivity contribution < 1.29 is 4.74 Å². The normalized spacial score (nSPS) is 24.4. The molecule has 2 nitrogen and oxygen atoms in total. The lowest BCUT2D eigenvalue weighted by Crippen LogP contribution is -2.35. The van der Waals surface area contributed by atoms with Crippen LogP contribution in [0.2, 0.25) is 0 Å². The van der Waals surface area contributed by atoms with E-state index < -0.39 is 0 Å². The second kappa shape index (κ2) is 7.10. The minimum absolute atomic E-state index is 0.0481. The van der Waals surface area contributed by atoms with Crippen LogP contribution in [0.4, 0.5) is 0 Å². The quantitative estimate of drug-likeness (QED) is 0.913. The van der Waals surface area contributed by atoms with Gasteiger partial charge in [0.2, 0.25) is 0 Å². The lowest BCUT2D eigenvalue weighted by Gasteiger charge is -2.35. The third kappa shape index (κ3) is 3.12. The van der Waals surface area contributed by atoms with Gasteiger partial charge in [0, 0.05) is 33.6 Å². The molecule has 1 heterocycles. The van der Waals surface area contributed by atoms with Crippen molar-refractivity contribution in [2.24, 2.45) is 5.73 Å². The molecular formula is C16H25NOS2. The van der Waals surface area contributed by atoms with Crippen LogP contribution in [0, 0.1) is 13.8 Å². The summed E-state index contributed by atoms with van der Waals surface area (Å²) in [4.78, 5) is 0. The van der Waals surface area contributed by atoms with Crippen LogP contribution in [-0.2, 0) is 0 Å². The molecule has 0 spiro atoms. The number of hydrogen-bond donors (Lipinski definition) is 1. The van der Waals surface area contributed by atoms with Crippen LogP contribution >= 0.6 is 23.5 Å². The van der Waals surface area contributed by atoms with E-state index in [2.05, 4.69) is 44.7 Å². The minimum atomic E-state index is 0.0481. The van der Waals surface area contributed by atoms with Gasteiger partial charge in [-0.25, -0.2) is 0 Å². The highest BCUT2D eigenvalue weighted by molar-refractivity contribution is 8.07. The van der Waals surface area contributed by atoms with Crippen LogP contribution in [0.5, 0.6) is 5.75 Å². The van der Waals surface area contributed by atoms with E-state index >= 15 is 0 Å². The molecule has 2 N–H and O–H groups in total. The third-order valence-electron chi connectivity index (χ3n) is 4.12. The van der Waals surface area contributed by atoms with Gasteiger partial charge in [-0.3, -0.25) is 0 Å². The summed E-state index contributed by atoms with van der Waals surface area (Å²) in [5.41, 5.74) is 10.2. The van der Waals surface area contributed by atoms with Crippen LogP contribution in [0.1, 0.15) is 36.1 Å². The molecule has 0 bridgehead atoms. The number of ether oxygens (including phenoxy) is 1. The summed E-state index contributed by atoms with van der Waals surface area (Å²) in [5.74, 6) is 3.42. The minimum Gasteiger partial charge on any atom is -0.496 e. The Morgan fingerprint density at radius 2 is 2.00 bits per heavy atom. The average Bonchev–Trinajstić information content (AvgIpc) is 2.49. The zero-order valence-electron chi connectivity index (χ0n) is 12.8. The summed E-state index contributed by atoms with van der Waals surface area (Å²) in [6.07, 6.45) is 1.18. The molecule has 1 aromatic carbocycles. The SMILES string of the molecule is CCC1SCCSC1C(N)c1ccc(C)c(C)c1OC. The topological polar surface area (TPSA) is 35.2 Å². The predicted octanol–water partition coefficient (Wildman–Crippen LogP) is 3.94. The molecule has 0 amide bonds. The van der Waals surface area contributed by atoms with Crippen molar-refractivity contribution in [2.75, 3.05) is 18.6 Å². The Hall–Kier alpha value is -0.320. The fourth-order valence-electron chi connectivity index (χ4n) is 2.79. The Balaban J connectivity index is 2.32. The Morgan fingerprint density at radius 3 is 2.65 bits per heavy atom. The number of rotatable bonds is 4. The highest BCUT2D eigenvalue weighted by Crippen LogP contribution is 2.42. The van der Waals surface area contributed by atoms with Gasteiger partial charge in [0.05, 0.1) is 7.11 Å². The molecule has 1 aromatic rings. The maximum Gasteiger partial charge on any atom is 0.126 e. The van der Waals surface area contributed by atoms with Gasteiger partial charge in [-0.1, -0.05) is 19.1 Å². The molecule has 112 valence electrons. The summed E-state index contributed by atoms with van der Waals surface area (Å²) in [5, 5.41) is 1.13.